The average molecular weight is 451 g/mol. The Balaban J connectivity index is 1.76. The monoisotopic (exact) mass is 450 g/mol. The Labute approximate surface area is 199 Å². The Bertz CT molecular complexity index is 1380. The molecule has 0 saturated heterocycles. The molecule has 0 spiro atoms. The molecule has 0 bridgehead atoms. The van der Waals surface area contributed by atoms with E-state index < -0.39 is 0 Å². The number of ether oxygens (including phenoxy) is 2. The summed E-state index contributed by atoms with van der Waals surface area (Å²) in [5, 5.41) is 0.987. The Hall–Kier alpha value is -4.12. The van der Waals surface area contributed by atoms with Crippen LogP contribution < -0.4 is 14.4 Å². The molecule has 1 aliphatic rings. The van der Waals surface area contributed by atoms with Gasteiger partial charge in [-0.1, -0.05) is 18.2 Å². The summed E-state index contributed by atoms with van der Waals surface area (Å²) in [6.07, 6.45) is 2.48. The fraction of sp³-hybridized carbons (Fsp3) is 0.172. The van der Waals surface area contributed by atoms with Gasteiger partial charge in [-0.15, -0.1) is 0 Å². The van der Waals surface area contributed by atoms with Crippen LogP contribution in [0.15, 0.2) is 78.9 Å². The number of hydrogen-bond acceptors (Lipinski definition) is 5. The van der Waals surface area contributed by atoms with Crippen LogP contribution in [0.25, 0.3) is 22.7 Å². The zero-order valence-corrected chi connectivity index (χ0v) is 19.5. The molecular weight excluding hydrogens is 424 g/mol. The normalized spacial score (nSPS) is 15.0. The van der Waals surface area contributed by atoms with Crippen molar-refractivity contribution >= 4 is 34.1 Å². The third-order valence-corrected chi connectivity index (χ3v) is 6.19. The fourth-order valence-corrected chi connectivity index (χ4v) is 4.57. The van der Waals surface area contributed by atoms with E-state index in [2.05, 4.69) is 29.2 Å². The molecule has 0 saturated carbocycles. The molecule has 4 aromatic rings. The molecule has 5 nitrogen and oxygen atoms in total. The van der Waals surface area contributed by atoms with Crippen LogP contribution in [0.3, 0.4) is 0 Å². The Morgan fingerprint density at radius 1 is 0.912 bits per heavy atom. The SMILES string of the molecule is COc1ccc(C2=Cc3nc4ccc(OC)cc4cc3C(CC(C)=O)N2c2ccccc2)cc1. The zero-order chi connectivity index (χ0) is 23.7. The van der Waals surface area contributed by atoms with Gasteiger partial charge in [-0.3, -0.25) is 4.79 Å². The van der Waals surface area contributed by atoms with Gasteiger partial charge in [0.2, 0.25) is 0 Å². The van der Waals surface area contributed by atoms with Crippen molar-refractivity contribution in [3.05, 3.63) is 95.7 Å². The summed E-state index contributed by atoms with van der Waals surface area (Å²) in [6.45, 7) is 1.64. The number of fused-ring (bicyclic) bond motifs is 2. The fourth-order valence-electron chi connectivity index (χ4n) is 4.57. The van der Waals surface area contributed by atoms with Crippen molar-refractivity contribution in [1.29, 1.82) is 0 Å². The highest BCUT2D eigenvalue weighted by atomic mass is 16.5. The van der Waals surface area contributed by atoms with Gasteiger partial charge >= 0.3 is 0 Å². The molecule has 34 heavy (non-hydrogen) atoms. The van der Waals surface area contributed by atoms with Crippen molar-refractivity contribution in [2.45, 2.75) is 19.4 Å². The Kier molecular flexibility index (Phi) is 5.76. The van der Waals surface area contributed by atoms with Gasteiger partial charge in [0.25, 0.3) is 0 Å². The van der Waals surface area contributed by atoms with Crippen molar-refractivity contribution in [3.8, 4) is 11.5 Å². The number of benzene rings is 3. The van der Waals surface area contributed by atoms with Crippen LogP contribution >= 0.6 is 0 Å². The molecular formula is C29H26N2O3. The molecule has 0 N–H and O–H groups in total. The maximum Gasteiger partial charge on any atom is 0.132 e. The number of methoxy groups -OCH3 is 2. The van der Waals surface area contributed by atoms with Crippen molar-refractivity contribution in [3.63, 3.8) is 0 Å². The van der Waals surface area contributed by atoms with Gasteiger partial charge < -0.3 is 14.4 Å². The second-order valence-corrected chi connectivity index (χ2v) is 8.41. The Morgan fingerprint density at radius 2 is 1.62 bits per heavy atom. The van der Waals surface area contributed by atoms with Gasteiger partial charge in [0.1, 0.15) is 17.3 Å². The van der Waals surface area contributed by atoms with Gasteiger partial charge in [-0.05, 0) is 79.2 Å². The van der Waals surface area contributed by atoms with Crippen molar-refractivity contribution < 1.29 is 14.3 Å². The van der Waals surface area contributed by atoms with E-state index in [0.717, 1.165) is 50.6 Å². The van der Waals surface area contributed by atoms with Gasteiger partial charge in [-0.2, -0.15) is 0 Å². The molecule has 0 radical (unpaired) electrons. The first-order valence-corrected chi connectivity index (χ1v) is 11.3. The minimum Gasteiger partial charge on any atom is -0.497 e. The summed E-state index contributed by atoms with van der Waals surface area (Å²) < 4.78 is 10.8. The largest absolute Gasteiger partial charge is 0.497 e. The van der Waals surface area contributed by atoms with Crippen LogP contribution in [0.2, 0.25) is 0 Å². The lowest BCUT2D eigenvalue weighted by atomic mass is 9.90. The number of carbonyl (C=O) groups excluding carboxylic acids is 1. The molecule has 170 valence electrons. The van der Waals surface area contributed by atoms with E-state index in [4.69, 9.17) is 14.5 Å². The summed E-state index contributed by atoms with van der Waals surface area (Å²) >= 11 is 0. The lowest BCUT2D eigenvalue weighted by molar-refractivity contribution is -0.117. The van der Waals surface area contributed by atoms with Crippen molar-refractivity contribution in [1.82, 2.24) is 4.98 Å². The minimum absolute atomic E-state index is 0.124. The minimum atomic E-state index is -0.194. The van der Waals surface area contributed by atoms with Crippen LogP contribution in [-0.2, 0) is 4.79 Å². The summed E-state index contributed by atoms with van der Waals surface area (Å²) in [5.41, 5.74) is 5.83. The molecule has 1 aromatic heterocycles. The lowest BCUT2D eigenvalue weighted by Gasteiger charge is -2.39. The molecule has 0 fully saturated rings. The van der Waals surface area contributed by atoms with E-state index >= 15 is 0 Å². The average Bonchev–Trinajstić information content (AvgIpc) is 2.87. The van der Waals surface area contributed by atoms with Crippen molar-refractivity contribution in [2.75, 3.05) is 19.1 Å². The van der Waals surface area contributed by atoms with Crippen LogP contribution in [0.4, 0.5) is 5.69 Å². The summed E-state index contributed by atoms with van der Waals surface area (Å²) in [6, 6.07) is 26.0. The van der Waals surface area contributed by atoms with Gasteiger partial charge in [0.15, 0.2) is 0 Å². The quantitative estimate of drug-likeness (QED) is 0.345. The number of para-hydroxylation sites is 1. The predicted molar refractivity (Wildman–Crippen MR) is 136 cm³/mol. The molecule has 0 aliphatic carbocycles. The molecule has 2 heterocycles. The molecule has 1 atom stereocenters. The number of ketones is 1. The van der Waals surface area contributed by atoms with Crippen molar-refractivity contribution in [2.24, 2.45) is 0 Å². The first kappa shape index (κ1) is 21.7. The number of pyridine rings is 1. The number of hydrogen-bond donors (Lipinski definition) is 0. The van der Waals surface area contributed by atoms with Crippen LogP contribution in [-0.4, -0.2) is 25.0 Å². The lowest BCUT2D eigenvalue weighted by Crippen LogP contribution is -2.32. The highest BCUT2D eigenvalue weighted by Crippen LogP contribution is 2.44. The molecule has 5 heteroatoms. The van der Waals surface area contributed by atoms with Crippen LogP contribution in [0.1, 0.15) is 36.2 Å². The second-order valence-electron chi connectivity index (χ2n) is 8.41. The van der Waals surface area contributed by atoms with E-state index in [1.165, 1.54) is 0 Å². The number of carbonyl (C=O) groups is 1. The zero-order valence-electron chi connectivity index (χ0n) is 19.5. The van der Waals surface area contributed by atoms with E-state index in [1.54, 1.807) is 21.1 Å². The van der Waals surface area contributed by atoms with Gasteiger partial charge in [-0.25, -0.2) is 4.98 Å². The van der Waals surface area contributed by atoms with E-state index in [0.29, 0.717) is 6.42 Å². The highest BCUT2D eigenvalue weighted by molar-refractivity contribution is 5.96. The molecule has 3 aromatic carbocycles. The van der Waals surface area contributed by atoms with Gasteiger partial charge in [0.05, 0.1) is 37.2 Å². The van der Waals surface area contributed by atoms with E-state index in [1.807, 2.05) is 60.7 Å². The van der Waals surface area contributed by atoms with Gasteiger partial charge in [0, 0.05) is 23.1 Å². The number of anilines is 1. The molecule has 0 amide bonds. The topological polar surface area (TPSA) is 51.7 Å². The standard InChI is InChI=1S/C29H26N2O3/c1-19(32)15-29-25-17-21-16-24(34-3)13-14-26(21)30-27(25)18-28(20-9-11-23(33-2)12-10-20)31(29)22-7-5-4-6-8-22/h4-14,16-18,29H,15H2,1-3H3. The number of aromatic nitrogens is 1. The maximum atomic E-state index is 12.5. The van der Waals surface area contributed by atoms with E-state index in [-0.39, 0.29) is 11.8 Å². The van der Waals surface area contributed by atoms with Crippen LogP contribution in [0, 0.1) is 0 Å². The first-order chi connectivity index (χ1) is 16.6. The Morgan fingerprint density at radius 3 is 2.29 bits per heavy atom. The van der Waals surface area contributed by atoms with Crippen LogP contribution in [0.5, 0.6) is 11.5 Å². The third kappa shape index (κ3) is 4.01. The summed E-state index contributed by atoms with van der Waals surface area (Å²) in [4.78, 5) is 19.7. The van der Waals surface area contributed by atoms with E-state index in [9.17, 15) is 4.79 Å². The number of Topliss-reactive ketones (excluding diaryl/α,β-unsaturated/α-hetero) is 1. The number of rotatable bonds is 6. The smallest absolute Gasteiger partial charge is 0.132 e. The summed E-state index contributed by atoms with van der Waals surface area (Å²) in [7, 11) is 3.32. The third-order valence-electron chi connectivity index (χ3n) is 6.19. The number of nitrogens with zero attached hydrogens (tertiary/aromatic N) is 2. The molecule has 5 rings (SSSR count). The predicted octanol–water partition coefficient (Wildman–Crippen LogP) is 6.29. The summed E-state index contributed by atoms with van der Waals surface area (Å²) in [5.74, 6) is 1.70. The molecule has 1 unspecified atom stereocenters. The first-order valence-electron chi connectivity index (χ1n) is 11.3. The molecule has 1 aliphatic heterocycles. The highest BCUT2D eigenvalue weighted by Gasteiger charge is 2.32. The maximum absolute atomic E-state index is 12.5. The second kappa shape index (κ2) is 9.02.